The Kier molecular flexibility index (Phi) is 7.98. The van der Waals surface area contributed by atoms with E-state index < -0.39 is 46.8 Å². The normalized spacial score (nSPS) is 12.3. The van der Waals surface area contributed by atoms with Crippen molar-refractivity contribution in [1.29, 1.82) is 0 Å². The summed E-state index contributed by atoms with van der Waals surface area (Å²) in [5.74, 6) is -1.93. The molecule has 0 fully saturated rings. The van der Waals surface area contributed by atoms with E-state index in [2.05, 4.69) is 20.4 Å². The Balaban J connectivity index is 1.53. The number of carbonyl (C=O) groups excluding carboxylic acids is 2. The minimum atomic E-state index is -4.89. The third-order valence-corrected chi connectivity index (χ3v) is 8.76. The lowest BCUT2D eigenvalue weighted by Crippen LogP contribution is -2.18. The molecule has 0 bridgehead atoms. The fourth-order valence-corrected chi connectivity index (χ4v) is 6.20. The molecule has 6 rings (SSSR count). The molecule has 0 spiro atoms. The molecule has 48 heavy (non-hydrogen) atoms. The highest BCUT2D eigenvalue weighted by molar-refractivity contribution is 7.21. The van der Waals surface area contributed by atoms with E-state index in [0.717, 1.165) is 29.5 Å². The van der Waals surface area contributed by atoms with Crippen LogP contribution in [0, 0.1) is 6.92 Å². The van der Waals surface area contributed by atoms with E-state index in [4.69, 9.17) is 5.73 Å². The minimum Gasteiger partial charge on any atom is -0.365 e. The van der Waals surface area contributed by atoms with Gasteiger partial charge in [0.15, 0.2) is 11.3 Å². The summed E-state index contributed by atoms with van der Waals surface area (Å²) in [4.78, 5) is 33.9. The number of aryl methyl sites for hydroxylation is 1. The molecule has 246 valence electrons. The standard InChI is InChI=1S/C33H24F6N6O2S/c1-15(2)17-8-10-19(11-9-17)22-13-24(33(37,38)39)45-29(42-22)21(14-41-45)30(47)44-26-25-20(18-6-4-16(3)5-7-18)12-23(32(34,35)36)43-31(25)48-27(26)28(40)46/h4-15H,1-3H3,(H2,40,46)(H,44,47). The Morgan fingerprint density at radius 2 is 1.54 bits per heavy atom. The van der Waals surface area contributed by atoms with Crippen LogP contribution < -0.4 is 11.1 Å². The van der Waals surface area contributed by atoms with Gasteiger partial charge in [-0.25, -0.2) is 14.5 Å². The molecule has 3 N–H and O–H groups in total. The molecule has 2 aromatic carbocycles. The lowest BCUT2D eigenvalue weighted by atomic mass is 10.00. The van der Waals surface area contributed by atoms with Crippen molar-refractivity contribution in [3.05, 3.63) is 99.8 Å². The quantitative estimate of drug-likeness (QED) is 0.171. The number of carbonyl (C=O) groups is 2. The zero-order chi connectivity index (χ0) is 34.7. The summed E-state index contributed by atoms with van der Waals surface area (Å²) < 4.78 is 84.9. The van der Waals surface area contributed by atoms with Gasteiger partial charge in [-0.1, -0.05) is 67.9 Å². The molecule has 0 atom stereocenters. The molecule has 0 saturated carbocycles. The van der Waals surface area contributed by atoms with E-state index in [-0.39, 0.29) is 38.0 Å². The first-order valence-electron chi connectivity index (χ1n) is 14.3. The number of halogens is 6. The fraction of sp³-hybridized carbons (Fsp3) is 0.182. The van der Waals surface area contributed by atoms with Crippen molar-refractivity contribution in [2.75, 3.05) is 5.32 Å². The van der Waals surface area contributed by atoms with Crippen molar-refractivity contribution in [1.82, 2.24) is 19.6 Å². The highest BCUT2D eigenvalue weighted by Gasteiger charge is 2.37. The Labute approximate surface area is 272 Å². The molecule has 6 aromatic rings. The maximum Gasteiger partial charge on any atom is 0.433 e. The average Bonchev–Trinajstić information content (AvgIpc) is 3.61. The van der Waals surface area contributed by atoms with Gasteiger partial charge in [-0.3, -0.25) is 9.59 Å². The number of thiophene rings is 1. The van der Waals surface area contributed by atoms with Crippen LogP contribution in [0.3, 0.4) is 0 Å². The van der Waals surface area contributed by atoms with Gasteiger partial charge >= 0.3 is 12.4 Å². The van der Waals surface area contributed by atoms with E-state index >= 15 is 0 Å². The SMILES string of the molecule is Cc1ccc(-c2cc(C(F)(F)F)nc3sc(C(N)=O)c(NC(=O)c4cnn5c(C(F)(F)F)cc(-c6ccc(C(C)C)cc6)nc45)c23)cc1. The van der Waals surface area contributed by atoms with Crippen LogP contribution in [-0.2, 0) is 12.4 Å². The van der Waals surface area contributed by atoms with Gasteiger partial charge in [0, 0.05) is 10.9 Å². The predicted molar refractivity (Wildman–Crippen MR) is 169 cm³/mol. The summed E-state index contributed by atoms with van der Waals surface area (Å²) in [6.45, 7) is 5.72. The molecule has 0 radical (unpaired) electrons. The number of nitrogens with two attached hydrogens (primary N) is 1. The van der Waals surface area contributed by atoms with E-state index in [1.807, 2.05) is 13.8 Å². The summed E-state index contributed by atoms with van der Waals surface area (Å²) in [6, 6.07) is 14.9. The molecule has 0 aliphatic rings. The second kappa shape index (κ2) is 11.7. The first kappa shape index (κ1) is 32.6. The number of aromatic nitrogens is 4. The Bertz CT molecular complexity index is 2220. The first-order valence-corrected chi connectivity index (χ1v) is 15.1. The number of rotatable bonds is 6. The van der Waals surface area contributed by atoms with Gasteiger partial charge in [-0.2, -0.15) is 31.4 Å². The van der Waals surface area contributed by atoms with Crippen molar-refractivity contribution < 1.29 is 35.9 Å². The fourth-order valence-electron chi connectivity index (χ4n) is 5.19. The van der Waals surface area contributed by atoms with Crippen molar-refractivity contribution in [2.45, 2.75) is 39.0 Å². The van der Waals surface area contributed by atoms with Crippen LogP contribution in [0.1, 0.15) is 62.3 Å². The molecule has 0 aliphatic carbocycles. The second-order valence-electron chi connectivity index (χ2n) is 11.3. The van der Waals surface area contributed by atoms with Gasteiger partial charge < -0.3 is 11.1 Å². The topological polar surface area (TPSA) is 115 Å². The van der Waals surface area contributed by atoms with Crippen LogP contribution in [0.25, 0.3) is 38.2 Å². The summed E-state index contributed by atoms with van der Waals surface area (Å²) in [6.07, 6.45) is -8.85. The molecule has 4 aromatic heterocycles. The molecule has 4 heterocycles. The van der Waals surface area contributed by atoms with E-state index in [9.17, 15) is 35.9 Å². The van der Waals surface area contributed by atoms with Gasteiger partial charge in [0.25, 0.3) is 11.8 Å². The molecule has 0 saturated heterocycles. The minimum absolute atomic E-state index is 0.00384. The van der Waals surface area contributed by atoms with Gasteiger partial charge in [0.2, 0.25) is 0 Å². The number of pyridine rings is 1. The summed E-state index contributed by atoms with van der Waals surface area (Å²) in [7, 11) is 0. The number of hydrogen-bond acceptors (Lipinski definition) is 6. The molecular weight excluding hydrogens is 658 g/mol. The van der Waals surface area contributed by atoms with Gasteiger partial charge in [0.05, 0.1) is 17.6 Å². The molecule has 0 unspecified atom stereocenters. The summed E-state index contributed by atoms with van der Waals surface area (Å²) in [5.41, 5.74) is 4.45. The van der Waals surface area contributed by atoms with Crippen LogP contribution in [0.4, 0.5) is 32.0 Å². The van der Waals surface area contributed by atoms with Crippen LogP contribution in [-0.4, -0.2) is 31.4 Å². The molecule has 8 nitrogen and oxygen atoms in total. The number of benzene rings is 2. The molecule has 2 amide bonds. The van der Waals surface area contributed by atoms with Crippen LogP contribution in [0.15, 0.2) is 66.9 Å². The zero-order valence-electron chi connectivity index (χ0n) is 25.3. The largest absolute Gasteiger partial charge is 0.433 e. The van der Waals surface area contributed by atoms with E-state index in [1.54, 1.807) is 55.5 Å². The third-order valence-electron chi connectivity index (χ3n) is 7.66. The highest BCUT2D eigenvalue weighted by atomic mass is 32.1. The van der Waals surface area contributed by atoms with E-state index in [0.29, 0.717) is 27.0 Å². The Hall–Kier alpha value is -5.31. The van der Waals surface area contributed by atoms with Crippen molar-refractivity contribution in [2.24, 2.45) is 5.73 Å². The highest BCUT2D eigenvalue weighted by Crippen LogP contribution is 2.44. The average molecular weight is 683 g/mol. The maximum atomic E-state index is 14.2. The molecular formula is C33H24F6N6O2S. The predicted octanol–water partition coefficient (Wildman–Crippen LogP) is 8.49. The maximum absolute atomic E-state index is 14.2. The van der Waals surface area contributed by atoms with Crippen molar-refractivity contribution >= 4 is 44.7 Å². The number of fused-ring (bicyclic) bond motifs is 2. The Morgan fingerprint density at radius 1 is 0.896 bits per heavy atom. The van der Waals surface area contributed by atoms with Crippen molar-refractivity contribution in [3.63, 3.8) is 0 Å². The summed E-state index contributed by atoms with van der Waals surface area (Å²) in [5, 5.41) is 6.28. The number of amides is 2. The third kappa shape index (κ3) is 5.96. The second-order valence-corrected chi connectivity index (χ2v) is 12.3. The number of primary amides is 1. The number of hydrogen-bond donors (Lipinski definition) is 2. The van der Waals surface area contributed by atoms with E-state index in [1.165, 1.54) is 0 Å². The Morgan fingerprint density at radius 3 is 2.12 bits per heavy atom. The number of nitrogens with one attached hydrogen (secondary N) is 1. The monoisotopic (exact) mass is 682 g/mol. The van der Waals surface area contributed by atoms with Gasteiger partial charge in [-0.15, -0.1) is 11.3 Å². The lowest BCUT2D eigenvalue weighted by molar-refractivity contribution is -0.143. The summed E-state index contributed by atoms with van der Waals surface area (Å²) >= 11 is 0.540. The van der Waals surface area contributed by atoms with Crippen molar-refractivity contribution in [3.8, 4) is 22.4 Å². The van der Waals surface area contributed by atoms with Crippen LogP contribution in [0.5, 0.6) is 0 Å². The smallest absolute Gasteiger partial charge is 0.365 e. The van der Waals surface area contributed by atoms with Crippen LogP contribution in [0.2, 0.25) is 0 Å². The molecule has 15 heteroatoms. The number of alkyl halides is 6. The van der Waals surface area contributed by atoms with Gasteiger partial charge in [0.1, 0.15) is 21.0 Å². The van der Waals surface area contributed by atoms with Gasteiger partial charge in [-0.05, 0) is 41.7 Å². The number of nitrogens with zero attached hydrogens (tertiary/aromatic N) is 4. The number of anilines is 1. The zero-order valence-corrected chi connectivity index (χ0v) is 26.1. The molecule has 0 aliphatic heterocycles. The van der Waals surface area contributed by atoms with Crippen LogP contribution >= 0.6 is 11.3 Å². The first-order chi connectivity index (χ1) is 22.5. The lowest BCUT2D eigenvalue weighted by Gasteiger charge is -2.13.